The van der Waals surface area contributed by atoms with E-state index >= 15 is 0 Å². The molecule has 3 aromatic rings. The number of anilines is 1. The Kier molecular flexibility index (Phi) is 5.57. The molecule has 0 fully saturated rings. The van der Waals surface area contributed by atoms with Crippen molar-refractivity contribution >= 4 is 36.5 Å². The molecule has 0 radical (unpaired) electrons. The molecule has 3 aromatic carbocycles. The van der Waals surface area contributed by atoms with Crippen LogP contribution in [0.4, 0.5) is 5.69 Å². The van der Waals surface area contributed by atoms with Crippen molar-refractivity contribution in [2.24, 2.45) is 0 Å². The van der Waals surface area contributed by atoms with Gasteiger partial charge in [-0.2, -0.15) is 4.31 Å². The highest BCUT2D eigenvalue weighted by molar-refractivity contribution is 7.93. The number of fused-ring (bicyclic) bond motifs is 2. The maximum Gasteiger partial charge on any atom is 0.262 e. The first-order valence-electron chi connectivity index (χ1n) is 9.90. The summed E-state index contributed by atoms with van der Waals surface area (Å²) >= 11 is 0. The van der Waals surface area contributed by atoms with Crippen LogP contribution in [-0.2, 0) is 33.0 Å². The normalized spacial score (nSPS) is 15.1. The van der Waals surface area contributed by atoms with Crippen LogP contribution in [0.25, 0.3) is 10.8 Å². The molecule has 0 amide bonds. The van der Waals surface area contributed by atoms with Crippen molar-refractivity contribution in [1.82, 2.24) is 4.31 Å². The summed E-state index contributed by atoms with van der Waals surface area (Å²) in [4.78, 5) is 0.213. The summed E-state index contributed by atoms with van der Waals surface area (Å²) in [6, 6.07) is 17.9. The third kappa shape index (κ3) is 4.08. The van der Waals surface area contributed by atoms with Crippen LogP contribution in [0.5, 0.6) is 0 Å². The zero-order valence-corrected chi connectivity index (χ0v) is 18.3. The lowest BCUT2D eigenvalue weighted by molar-refractivity contribution is 0.391. The maximum atomic E-state index is 13.1. The highest BCUT2D eigenvalue weighted by Crippen LogP contribution is 2.28. The molecular formula is C22H24N2O4S2. The highest BCUT2D eigenvalue weighted by atomic mass is 32.2. The number of benzene rings is 3. The zero-order chi connectivity index (χ0) is 21.4. The Morgan fingerprint density at radius 1 is 0.933 bits per heavy atom. The molecule has 0 saturated heterocycles. The number of nitrogens with zero attached hydrogens (tertiary/aromatic N) is 1. The Bertz CT molecular complexity index is 1300. The SMILES string of the molecule is CCCS(=O)(=O)N1CCc2ccc(NS(=O)(=O)c3cccc4ccccc34)cc2C1. The van der Waals surface area contributed by atoms with Gasteiger partial charge in [-0.3, -0.25) is 4.72 Å². The van der Waals surface area contributed by atoms with Crippen LogP contribution in [0.15, 0.2) is 65.6 Å². The molecule has 0 aliphatic carbocycles. The van der Waals surface area contributed by atoms with Gasteiger partial charge < -0.3 is 0 Å². The zero-order valence-electron chi connectivity index (χ0n) is 16.7. The van der Waals surface area contributed by atoms with Crippen LogP contribution in [0.3, 0.4) is 0 Å². The molecule has 158 valence electrons. The van der Waals surface area contributed by atoms with Crippen molar-refractivity contribution in [1.29, 1.82) is 0 Å². The predicted octanol–water partition coefficient (Wildman–Crippen LogP) is 3.74. The molecule has 1 aliphatic heterocycles. The van der Waals surface area contributed by atoms with E-state index in [1.165, 1.54) is 4.31 Å². The van der Waals surface area contributed by atoms with Gasteiger partial charge in [-0.25, -0.2) is 16.8 Å². The minimum Gasteiger partial charge on any atom is -0.280 e. The molecule has 0 atom stereocenters. The molecule has 0 saturated carbocycles. The summed E-state index contributed by atoms with van der Waals surface area (Å²) in [6.45, 7) is 2.56. The molecular weight excluding hydrogens is 420 g/mol. The van der Waals surface area contributed by atoms with Gasteiger partial charge in [-0.15, -0.1) is 0 Å². The first-order chi connectivity index (χ1) is 14.3. The number of rotatable bonds is 6. The van der Waals surface area contributed by atoms with E-state index in [1.807, 2.05) is 37.3 Å². The fourth-order valence-corrected chi connectivity index (χ4v) is 6.62. The molecule has 0 unspecified atom stereocenters. The van der Waals surface area contributed by atoms with Crippen LogP contribution < -0.4 is 4.72 Å². The minimum absolute atomic E-state index is 0.121. The van der Waals surface area contributed by atoms with Gasteiger partial charge in [0.1, 0.15) is 0 Å². The Morgan fingerprint density at radius 3 is 2.50 bits per heavy atom. The molecule has 1 N–H and O–H groups in total. The lowest BCUT2D eigenvalue weighted by atomic mass is 10.0. The molecule has 6 nitrogen and oxygen atoms in total. The second-order valence-electron chi connectivity index (χ2n) is 7.47. The molecule has 4 rings (SSSR count). The van der Waals surface area contributed by atoms with Gasteiger partial charge in [0.05, 0.1) is 10.6 Å². The average Bonchev–Trinajstić information content (AvgIpc) is 2.72. The van der Waals surface area contributed by atoms with Crippen molar-refractivity contribution < 1.29 is 16.8 Å². The first-order valence-corrected chi connectivity index (χ1v) is 13.0. The van der Waals surface area contributed by atoms with Crippen molar-refractivity contribution in [3.8, 4) is 0 Å². The van der Waals surface area contributed by atoms with Gasteiger partial charge in [-0.1, -0.05) is 49.4 Å². The standard InChI is InChI=1S/C22H24N2O4S2/c1-2-14-29(25,26)24-13-12-17-10-11-20(15-19(17)16-24)23-30(27,28)22-9-5-7-18-6-3-4-8-21(18)22/h3-11,15,23H,2,12-14,16H2,1H3. The van der Waals surface area contributed by atoms with Crippen molar-refractivity contribution in [2.75, 3.05) is 17.0 Å². The van der Waals surface area contributed by atoms with Crippen molar-refractivity contribution in [3.05, 3.63) is 71.8 Å². The van der Waals surface area contributed by atoms with E-state index in [2.05, 4.69) is 4.72 Å². The quantitative estimate of drug-likeness (QED) is 0.628. The summed E-state index contributed by atoms with van der Waals surface area (Å²) in [6.07, 6.45) is 1.19. The van der Waals surface area contributed by atoms with E-state index in [0.29, 0.717) is 30.5 Å². The van der Waals surface area contributed by atoms with Crippen LogP contribution >= 0.6 is 0 Å². The largest absolute Gasteiger partial charge is 0.280 e. The summed E-state index contributed by atoms with van der Waals surface area (Å²) < 4.78 is 55.2. The third-order valence-electron chi connectivity index (χ3n) is 5.33. The topological polar surface area (TPSA) is 83.6 Å². The van der Waals surface area contributed by atoms with E-state index in [4.69, 9.17) is 0 Å². The van der Waals surface area contributed by atoms with Gasteiger partial charge in [-0.05, 0) is 47.6 Å². The Labute approximate surface area is 177 Å². The number of hydrogen-bond acceptors (Lipinski definition) is 4. The molecule has 30 heavy (non-hydrogen) atoms. The molecule has 8 heteroatoms. The number of sulfonamides is 2. The third-order valence-corrected chi connectivity index (χ3v) is 8.79. The van der Waals surface area contributed by atoms with Gasteiger partial charge in [0, 0.05) is 24.2 Å². The van der Waals surface area contributed by atoms with E-state index in [0.717, 1.165) is 16.5 Å². The maximum absolute atomic E-state index is 13.1. The fraction of sp³-hybridized carbons (Fsp3) is 0.273. The fourth-order valence-electron chi connectivity index (χ4n) is 3.86. The van der Waals surface area contributed by atoms with Crippen LogP contribution in [0, 0.1) is 0 Å². The van der Waals surface area contributed by atoms with Crippen molar-refractivity contribution in [2.45, 2.75) is 31.2 Å². The van der Waals surface area contributed by atoms with Crippen LogP contribution in [0.1, 0.15) is 24.5 Å². The van der Waals surface area contributed by atoms with Gasteiger partial charge >= 0.3 is 0 Å². The lowest BCUT2D eigenvalue weighted by Crippen LogP contribution is -2.37. The minimum atomic E-state index is -3.80. The average molecular weight is 445 g/mol. The van der Waals surface area contributed by atoms with E-state index in [9.17, 15) is 16.8 Å². The summed E-state index contributed by atoms with van der Waals surface area (Å²) in [5.41, 5.74) is 2.31. The van der Waals surface area contributed by atoms with Gasteiger partial charge in [0.15, 0.2) is 0 Å². The lowest BCUT2D eigenvalue weighted by Gasteiger charge is -2.28. The number of nitrogens with one attached hydrogen (secondary N) is 1. The Hall–Kier alpha value is -2.42. The summed E-state index contributed by atoms with van der Waals surface area (Å²) in [5.74, 6) is 0.121. The number of hydrogen-bond donors (Lipinski definition) is 1. The Morgan fingerprint density at radius 2 is 1.70 bits per heavy atom. The van der Waals surface area contributed by atoms with Crippen molar-refractivity contribution in [3.63, 3.8) is 0 Å². The first kappa shape index (κ1) is 20.8. The summed E-state index contributed by atoms with van der Waals surface area (Å²) in [7, 11) is -7.10. The predicted molar refractivity (Wildman–Crippen MR) is 119 cm³/mol. The van der Waals surface area contributed by atoms with Gasteiger partial charge in [0.25, 0.3) is 10.0 Å². The van der Waals surface area contributed by atoms with E-state index in [-0.39, 0.29) is 17.2 Å². The van der Waals surface area contributed by atoms with Crippen LogP contribution in [0.2, 0.25) is 0 Å². The summed E-state index contributed by atoms with van der Waals surface area (Å²) in [5, 5.41) is 1.50. The van der Waals surface area contributed by atoms with Gasteiger partial charge in [0.2, 0.25) is 10.0 Å². The molecule has 0 aromatic heterocycles. The van der Waals surface area contributed by atoms with E-state index in [1.54, 1.807) is 30.3 Å². The smallest absolute Gasteiger partial charge is 0.262 e. The van der Waals surface area contributed by atoms with E-state index < -0.39 is 20.0 Å². The molecule has 1 aliphatic rings. The monoisotopic (exact) mass is 444 g/mol. The highest BCUT2D eigenvalue weighted by Gasteiger charge is 2.26. The second kappa shape index (κ2) is 8.02. The van der Waals surface area contributed by atoms with Crippen LogP contribution in [-0.4, -0.2) is 33.4 Å². The molecule has 1 heterocycles. The Balaban J connectivity index is 1.63. The molecule has 0 bridgehead atoms. The molecule has 0 spiro atoms. The second-order valence-corrected chi connectivity index (χ2v) is 11.2.